The van der Waals surface area contributed by atoms with Crippen LogP contribution in [0.5, 0.6) is 0 Å². The van der Waals surface area contributed by atoms with Gasteiger partial charge in [0.25, 0.3) is 0 Å². The van der Waals surface area contributed by atoms with Gasteiger partial charge in [0.1, 0.15) is 0 Å². The number of carbonyl (C=O) groups excluding carboxylic acids is 1. The Morgan fingerprint density at radius 2 is 1.78 bits per heavy atom. The Bertz CT molecular complexity index is 1420. The number of carbonyl (C=O) groups is 1. The number of methoxy groups -OCH3 is 1. The number of piperidine rings is 1. The number of ether oxygens (including phenoxy) is 1. The standard InChI is InChI=1S/C30H26N4O2/c1-36-25-12-14-34(15-13-25)29-18-28-27(17-24(29)11-10-21-6-3-2-4-7-21)33-30(35)19-26(32-28)23-9-5-8-22(16-23)20-31/h2-9,16-18,25H,12-15,19H2,1H3,(H,33,35). The third kappa shape index (κ3) is 5.15. The largest absolute Gasteiger partial charge is 0.381 e. The number of amides is 1. The zero-order valence-corrected chi connectivity index (χ0v) is 20.1. The minimum atomic E-state index is -0.148. The highest BCUT2D eigenvalue weighted by Crippen LogP contribution is 2.37. The van der Waals surface area contributed by atoms with Crippen LogP contribution in [0.1, 0.15) is 41.5 Å². The summed E-state index contributed by atoms with van der Waals surface area (Å²) in [5.41, 5.74) is 6.04. The van der Waals surface area contributed by atoms with Crippen LogP contribution in [0.25, 0.3) is 0 Å². The van der Waals surface area contributed by atoms with E-state index in [4.69, 9.17) is 9.73 Å². The highest BCUT2D eigenvalue weighted by atomic mass is 16.5. The van der Waals surface area contributed by atoms with Gasteiger partial charge in [0.15, 0.2) is 0 Å². The van der Waals surface area contributed by atoms with Crippen molar-refractivity contribution in [2.24, 2.45) is 4.99 Å². The molecule has 0 bridgehead atoms. The monoisotopic (exact) mass is 474 g/mol. The smallest absolute Gasteiger partial charge is 0.230 e. The summed E-state index contributed by atoms with van der Waals surface area (Å²) < 4.78 is 5.56. The van der Waals surface area contributed by atoms with Crippen molar-refractivity contribution in [1.29, 1.82) is 5.26 Å². The molecule has 0 aromatic heterocycles. The van der Waals surface area contributed by atoms with Crippen molar-refractivity contribution in [3.05, 3.63) is 89.0 Å². The Morgan fingerprint density at radius 3 is 2.53 bits per heavy atom. The van der Waals surface area contributed by atoms with Crippen molar-refractivity contribution < 1.29 is 9.53 Å². The number of hydrogen-bond donors (Lipinski definition) is 1. The molecular formula is C30H26N4O2. The zero-order chi connectivity index (χ0) is 24.9. The van der Waals surface area contributed by atoms with Gasteiger partial charge in [0, 0.05) is 25.8 Å². The van der Waals surface area contributed by atoms with Gasteiger partial charge < -0.3 is 15.0 Å². The maximum absolute atomic E-state index is 12.8. The molecule has 1 fully saturated rings. The van der Waals surface area contributed by atoms with E-state index in [2.05, 4.69) is 28.1 Å². The predicted molar refractivity (Wildman–Crippen MR) is 142 cm³/mol. The molecule has 2 heterocycles. The van der Waals surface area contributed by atoms with E-state index in [9.17, 15) is 10.1 Å². The molecule has 36 heavy (non-hydrogen) atoms. The SMILES string of the molecule is COC1CCN(c2cc3c(cc2C#Cc2ccccc2)NC(=O)CC(c2cccc(C#N)c2)=N3)CC1. The Hall–Kier alpha value is -4.39. The summed E-state index contributed by atoms with van der Waals surface area (Å²) in [6.07, 6.45) is 2.26. The van der Waals surface area contributed by atoms with E-state index in [1.807, 2.05) is 54.6 Å². The van der Waals surface area contributed by atoms with E-state index in [0.717, 1.165) is 48.3 Å². The predicted octanol–water partition coefficient (Wildman–Crippen LogP) is 5.04. The Morgan fingerprint density at radius 1 is 1.00 bits per heavy atom. The first-order valence-corrected chi connectivity index (χ1v) is 12.0. The van der Waals surface area contributed by atoms with Gasteiger partial charge in [0.05, 0.1) is 52.5 Å². The number of aliphatic imine (C=N–C) groups is 1. The number of nitrogens with one attached hydrogen (secondary N) is 1. The highest BCUT2D eigenvalue weighted by Gasteiger charge is 2.24. The number of nitriles is 1. The van der Waals surface area contributed by atoms with Gasteiger partial charge in [0.2, 0.25) is 5.91 Å². The lowest BCUT2D eigenvalue weighted by molar-refractivity contribution is -0.115. The van der Waals surface area contributed by atoms with Crippen LogP contribution in [0.2, 0.25) is 0 Å². The van der Waals surface area contributed by atoms with Crippen molar-refractivity contribution in [3.8, 4) is 17.9 Å². The summed E-state index contributed by atoms with van der Waals surface area (Å²) in [5.74, 6) is 6.45. The fourth-order valence-electron chi connectivity index (χ4n) is 4.59. The van der Waals surface area contributed by atoms with E-state index < -0.39 is 0 Å². The summed E-state index contributed by atoms with van der Waals surface area (Å²) in [4.78, 5) is 20.0. The summed E-state index contributed by atoms with van der Waals surface area (Å²) in [5, 5.41) is 12.3. The van der Waals surface area contributed by atoms with E-state index in [-0.39, 0.29) is 18.4 Å². The molecular weight excluding hydrogens is 448 g/mol. The molecule has 1 amide bonds. The molecule has 0 atom stereocenters. The Balaban J connectivity index is 1.60. The number of hydrogen-bond acceptors (Lipinski definition) is 5. The van der Waals surface area contributed by atoms with Crippen molar-refractivity contribution in [1.82, 2.24) is 0 Å². The van der Waals surface area contributed by atoms with Crippen molar-refractivity contribution in [3.63, 3.8) is 0 Å². The molecule has 2 aliphatic heterocycles. The van der Waals surface area contributed by atoms with Crippen LogP contribution >= 0.6 is 0 Å². The lowest BCUT2D eigenvalue weighted by Crippen LogP contribution is -2.37. The van der Waals surface area contributed by atoms with Crippen molar-refractivity contribution >= 4 is 28.7 Å². The molecule has 6 nitrogen and oxygen atoms in total. The average Bonchev–Trinajstić information content (AvgIpc) is 3.09. The van der Waals surface area contributed by atoms with Gasteiger partial charge in [-0.25, -0.2) is 0 Å². The second-order valence-electron chi connectivity index (χ2n) is 8.90. The molecule has 5 rings (SSSR count). The van der Waals surface area contributed by atoms with Gasteiger partial charge in [-0.3, -0.25) is 9.79 Å². The number of nitrogens with zero attached hydrogens (tertiary/aromatic N) is 3. The molecule has 0 saturated carbocycles. The van der Waals surface area contributed by atoms with Crippen LogP contribution in [0, 0.1) is 23.2 Å². The van der Waals surface area contributed by atoms with Crippen LogP contribution in [0.3, 0.4) is 0 Å². The quantitative estimate of drug-likeness (QED) is 0.540. The molecule has 0 radical (unpaired) electrons. The summed E-state index contributed by atoms with van der Waals surface area (Å²) in [7, 11) is 1.76. The topological polar surface area (TPSA) is 77.7 Å². The maximum atomic E-state index is 12.8. The average molecular weight is 475 g/mol. The Labute approximate surface area is 211 Å². The summed E-state index contributed by atoms with van der Waals surface area (Å²) in [6, 6.07) is 23.2. The van der Waals surface area contributed by atoms with Crippen LogP contribution in [0.4, 0.5) is 17.1 Å². The molecule has 3 aromatic carbocycles. The van der Waals surface area contributed by atoms with E-state index in [0.29, 0.717) is 22.6 Å². The van der Waals surface area contributed by atoms with E-state index in [1.54, 1.807) is 19.2 Å². The van der Waals surface area contributed by atoms with Crippen LogP contribution in [-0.2, 0) is 9.53 Å². The van der Waals surface area contributed by atoms with Crippen molar-refractivity contribution in [2.45, 2.75) is 25.4 Å². The molecule has 0 unspecified atom stereocenters. The fraction of sp³-hybridized carbons (Fsp3) is 0.233. The van der Waals surface area contributed by atoms with Crippen LogP contribution in [-0.4, -0.2) is 37.9 Å². The number of rotatable bonds is 3. The highest BCUT2D eigenvalue weighted by molar-refractivity contribution is 6.17. The van der Waals surface area contributed by atoms with Crippen LogP contribution in [0.15, 0.2) is 71.7 Å². The second kappa shape index (κ2) is 10.5. The van der Waals surface area contributed by atoms with Gasteiger partial charge in [-0.15, -0.1) is 0 Å². The second-order valence-corrected chi connectivity index (χ2v) is 8.90. The van der Waals surface area contributed by atoms with Gasteiger partial charge >= 0.3 is 0 Å². The maximum Gasteiger partial charge on any atom is 0.230 e. The van der Waals surface area contributed by atoms with E-state index >= 15 is 0 Å². The molecule has 2 aliphatic rings. The molecule has 1 N–H and O–H groups in total. The summed E-state index contributed by atoms with van der Waals surface area (Å²) in [6.45, 7) is 1.70. The first-order chi connectivity index (χ1) is 17.6. The Kier molecular flexibility index (Phi) is 6.80. The molecule has 0 aliphatic carbocycles. The molecule has 1 saturated heterocycles. The first kappa shape index (κ1) is 23.4. The lowest BCUT2D eigenvalue weighted by Gasteiger charge is -2.34. The van der Waals surface area contributed by atoms with Gasteiger partial charge in [-0.2, -0.15) is 5.26 Å². The lowest BCUT2D eigenvalue weighted by atomic mass is 10.0. The zero-order valence-electron chi connectivity index (χ0n) is 20.1. The molecule has 3 aromatic rings. The third-order valence-electron chi connectivity index (χ3n) is 6.53. The first-order valence-electron chi connectivity index (χ1n) is 12.0. The molecule has 6 heteroatoms. The molecule has 0 spiro atoms. The molecule has 178 valence electrons. The number of benzene rings is 3. The normalized spacial score (nSPS) is 15.5. The summed E-state index contributed by atoms with van der Waals surface area (Å²) >= 11 is 0. The fourth-order valence-corrected chi connectivity index (χ4v) is 4.59. The number of fused-ring (bicyclic) bond motifs is 1. The van der Waals surface area contributed by atoms with Crippen molar-refractivity contribution in [2.75, 3.05) is 30.4 Å². The number of anilines is 2. The van der Waals surface area contributed by atoms with Gasteiger partial charge in [-0.1, -0.05) is 42.2 Å². The third-order valence-corrected chi connectivity index (χ3v) is 6.53. The van der Waals surface area contributed by atoms with Crippen LogP contribution < -0.4 is 10.2 Å². The van der Waals surface area contributed by atoms with Gasteiger partial charge in [-0.05, 0) is 54.8 Å². The van der Waals surface area contributed by atoms with E-state index in [1.165, 1.54) is 0 Å². The minimum Gasteiger partial charge on any atom is -0.381 e. The minimum absolute atomic E-state index is 0.128.